The third kappa shape index (κ3) is 4.95. The van der Waals surface area contributed by atoms with Gasteiger partial charge in [0, 0.05) is 30.5 Å². The molecule has 1 heterocycles. The minimum Gasteiger partial charge on any atom is -0.369 e. The summed E-state index contributed by atoms with van der Waals surface area (Å²) in [5, 5.41) is 1.89. The van der Waals surface area contributed by atoms with Crippen LogP contribution in [0.15, 0.2) is 16.4 Å². The van der Waals surface area contributed by atoms with Crippen molar-refractivity contribution in [1.82, 2.24) is 9.04 Å². The van der Waals surface area contributed by atoms with Crippen LogP contribution in [0.1, 0.15) is 5.69 Å². The molecule has 0 aromatic carbocycles. The number of hydrogen-bond acceptors (Lipinski definition) is 5. The van der Waals surface area contributed by atoms with E-state index in [9.17, 15) is 4.57 Å². The van der Waals surface area contributed by atoms with Crippen LogP contribution in [0.5, 0.6) is 0 Å². The monoisotopic (exact) mass is 310 g/mol. The van der Waals surface area contributed by atoms with Crippen LogP contribution in [-0.4, -0.2) is 44.1 Å². The van der Waals surface area contributed by atoms with Gasteiger partial charge in [0.05, 0.1) is 5.69 Å². The Balaban J connectivity index is 2.41. The predicted octanol–water partition coefficient (Wildman–Crippen LogP) is 0.716. The molecule has 0 bridgehead atoms. The lowest BCUT2D eigenvalue weighted by Gasteiger charge is -2.23. The lowest BCUT2D eigenvalue weighted by atomic mass is 10.5. The van der Waals surface area contributed by atoms with E-state index in [2.05, 4.69) is 9.37 Å². The van der Waals surface area contributed by atoms with Gasteiger partial charge in [-0.15, -0.1) is 0 Å². The number of guanidine groups is 1. The fourth-order valence-electron chi connectivity index (χ4n) is 1.13. The molecule has 18 heavy (non-hydrogen) atoms. The Labute approximate surface area is 113 Å². The van der Waals surface area contributed by atoms with E-state index in [4.69, 9.17) is 15.5 Å². The molecule has 0 spiro atoms. The number of thioether (sulfide) groups is 1. The molecule has 0 atom stereocenters. The van der Waals surface area contributed by atoms with Crippen molar-refractivity contribution in [2.24, 2.45) is 10.7 Å². The molecule has 0 amide bonds. The molecule has 0 radical (unpaired) electrons. The Morgan fingerprint density at radius 3 is 2.94 bits per heavy atom. The molecular formula is C8H15N4O3PS2. The molecule has 0 aliphatic heterocycles. The highest BCUT2D eigenvalue weighted by molar-refractivity contribution is 7.98. The standard InChI is InChI=1S/C8H15N4O3PS2/c1-10-8(9)12(16(13,14)15)3-5-17-6-7-2-4-18-11-7/h2,4H,3,5-6H2,1H3,(H2,9,10)(H2,13,14,15). The van der Waals surface area contributed by atoms with Gasteiger partial charge < -0.3 is 15.5 Å². The molecule has 0 unspecified atom stereocenters. The molecule has 0 aliphatic carbocycles. The van der Waals surface area contributed by atoms with E-state index in [0.29, 0.717) is 11.5 Å². The summed E-state index contributed by atoms with van der Waals surface area (Å²) in [4.78, 5) is 21.8. The van der Waals surface area contributed by atoms with Crippen LogP contribution in [0.3, 0.4) is 0 Å². The molecule has 0 saturated carbocycles. The number of rotatable bonds is 6. The smallest absolute Gasteiger partial charge is 0.369 e. The molecule has 1 aromatic rings. The Morgan fingerprint density at radius 2 is 2.44 bits per heavy atom. The number of nitrogens with two attached hydrogens (primary N) is 1. The zero-order chi connectivity index (χ0) is 13.6. The van der Waals surface area contributed by atoms with Crippen molar-refractivity contribution >= 4 is 37.0 Å². The van der Waals surface area contributed by atoms with Crippen molar-refractivity contribution in [1.29, 1.82) is 0 Å². The first-order valence-electron chi connectivity index (χ1n) is 4.98. The maximum atomic E-state index is 11.2. The molecule has 0 saturated heterocycles. The van der Waals surface area contributed by atoms with E-state index in [-0.39, 0.29) is 12.5 Å². The predicted molar refractivity (Wildman–Crippen MR) is 74.6 cm³/mol. The first-order chi connectivity index (χ1) is 8.45. The Morgan fingerprint density at radius 1 is 1.72 bits per heavy atom. The van der Waals surface area contributed by atoms with E-state index in [1.807, 2.05) is 11.4 Å². The minimum absolute atomic E-state index is 0.141. The molecule has 4 N–H and O–H groups in total. The molecule has 10 heteroatoms. The summed E-state index contributed by atoms with van der Waals surface area (Å²) in [5.41, 5.74) is 6.41. The van der Waals surface area contributed by atoms with Crippen molar-refractivity contribution in [2.75, 3.05) is 19.3 Å². The maximum Gasteiger partial charge on any atom is 0.432 e. The molecule has 0 aliphatic rings. The fourth-order valence-corrected chi connectivity index (χ4v) is 3.43. The van der Waals surface area contributed by atoms with Crippen LogP contribution in [-0.2, 0) is 10.3 Å². The summed E-state index contributed by atoms with van der Waals surface area (Å²) < 4.78 is 16.1. The van der Waals surface area contributed by atoms with E-state index >= 15 is 0 Å². The van der Waals surface area contributed by atoms with Gasteiger partial charge in [-0.2, -0.15) is 16.1 Å². The highest BCUT2D eigenvalue weighted by Gasteiger charge is 2.26. The highest BCUT2D eigenvalue weighted by atomic mass is 32.2. The van der Waals surface area contributed by atoms with Crippen LogP contribution in [0.25, 0.3) is 0 Å². The second-order valence-electron chi connectivity index (χ2n) is 3.26. The average molecular weight is 310 g/mol. The molecular weight excluding hydrogens is 295 g/mol. The van der Waals surface area contributed by atoms with Gasteiger partial charge in [-0.25, -0.2) is 9.24 Å². The lowest BCUT2D eigenvalue weighted by molar-refractivity contribution is 0.319. The third-order valence-electron chi connectivity index (χ3n) is 2.00. The molecule has 102 valence electrons. The SMILES string of the molecule is CN=C(N)N(CCSCc1ccsn1)P(=O)(O)O. The summed E-state index contributed by atoms with van der Waals surface area (Å²) in [6.45, 7) is 0.141. The van der Waals surface area contributed by atoms with Gasteiger partial charge in [-0.05, 0) is 17.6 Å². The Bertz CT molecular complexity index is 434. The fraction of sp³-hybridized carbons (Fsp3) is 0.500. The molecule has 1 rings (SSSR count). The largest absolute Gasteiger partial charge is 0.432 e. The van der Waals surface area contributed by atoms with Crippen molar-refractivity contribution in [3.8, 4) is 0 Å². The van der Waals surface area contributed by atoms with E-state index in [1.54, 1.807) is 0 Å². The Kier molecular flexibility index (Phi) is 6.10. The number of hydrogen-bond donors (Lipinski definition) is 3. The van der Waals surface area contributed by atoms with Crippen molar-refractivity contribution in [3.63, 3.8) is 0 Å². The Hall–Kier alpha value is -0.600. The molecule has 1 aromatic heterocycles. The van der Waals surface area contributed by atoms with Gasteiger partial charge >= 0.3 is 7.75 Å². The lowest BCUT2D eigenvalue weighted by Crippen LogP contribution is -2.36. The summed E-state index contributed by atoms with van der Waals surface area (Å²) in [6, 6.07) is 1.92. The highest BCUT2D eigenvalue weighted by Crippen LogP contribution is 2.39. The van der Waals surface area contributed by atoms with Crippen LogP contribution in [0, 0.1) is 0 Å². The van der Waals surface area contributed by atoms with Gasteiger partial charge in [-0.3, -0.25) is 4.99 Å². The third-order valence-corrected chi connectivity index (χ3v) is 4.60. The molecule has 7 nitrogen and oxygen atoms in total. The van der Waals surface area contributed by atoms with Gasteiger partial charge in [0.15, 0.2) is 5.96 Å². The summed E-state index contributed by atoms with van der Waals surface area (Å²) in [6.07, 6.45) is 0. The topological polar surface area (TPSA) is 112 Å². The summed E-state index contributed by atoms with van der Waals surface area (Å²) >= 11 is 2.91. The second kappa shape index (κ2) is 7.10. The van der Waals surface area contributed by atoms with Crippen molar-refractivity contribution < 1.29 is 14.4 Å². The number of aromatic nitrogens is 1. The summed E-state index contributed by atoms with van der Waals surface area (Å²) in [5.74, 6) is 1.08. The van der Waals surface area contributed by atoms with Crippen LogP contribution < -0.4 is 5.73 Å². The van der Waals surface area contributed by atoms with Crippen molar-refractivity contribution in [3.05, 3.63) is 17.1 Å². The zero-order valence-electron chi connectivity index (χ0n) is 9.76. The van der Waals surface area contributed by atoms with E-state index < -0.39 is 7.75 Å². The minimum atomic E-state index is -4.40. The van der Waals surface area contributed by atoms with Crippen molar-refractivity contribution in [2.45, 2.75) is 5.75 Å². The van der Waals surface area contributed by atoms with Crippen LogP contribution in [0.4, 0.5) is 0 Å². The molecule has 0 fully saturated rings. The van der Waals surface area contributed by atoms with Crippen LogP contribution >= 0.6 is 31.0 Å². The first-order valence-corrected chi connectivity index (χ1v) is 8.53. The van der Waals surface area contributed by atoms with Gasteiger partial charge in [0.1, 0.15) is 0 Å². The van der Waals surface area contributed by atoms with E-state index in [1.165, 1.54) is 30.3 Å². The average Bonchev–Trinajstić information content (AvgIpc) is 2.79. The number of aliphatic imine (C=N–C) groups is 1. The van der Waals surface area contributed by atoms with Gasteiger partial charge in [0.2, 0.25) is 0 Å². The number of nitrogens with zero attached hydrogens (tertiary/aromatic N) is 3. The van der Waals surface area contributed by atoms with Gasteiger partial charge in [0.25, 0.3) is 0 Å². The zero-order valence-corrected chi connectivity index (χ0v) is 12.3. The van der Waals surface area contributed by atoms with Crippen LogP contribution in [0.2, 0.25) is 0 Å². The first kappa shape index (κ1) is 15.5. The summed E-state index contributed by atoms with van der Waals surface area (Å²) in [7, 11) is -3.01. The quantitative estimate of drug-likeness (QED) is 0.307. The van der Waals surface area contributed by atoms with E-state index in [0.717, 1.165) is 10.4 Å². The second-order valence-corrected chi connectivity index (χ2v) is 6.54. The maximum absolute atomic E-state index is 11.2. The normalized spacial score (nSPS) is 12.7. The van der Waals surface area contributed by atoms with Gasteiger partial charge in [-0.1, -0.05) is 0 Å².